The van der Waals surface area contributed by atoms with Crippen LogP contribution in [0, 0.1) is 0 Å². The molecule has 4 nitrogen and oxygen atoms in total. The normalized spacial score (nSPS) is 11.4. The zero-order chi connectivity index (χ0) is 16.2. The number of hydrogen-bond donors (Lipinski definition) is 1. The van der Waals surface area contributed by atoms with Crippen LogP contribution < -0.4 is 5.32 Å². The number of amides is 1. The van der Waals surface area contributed by atoms with Crippen LogP contribution in [-0.4, -0.2) is 30.1 Å². The summed E-state index contributed by atoms with van der Waals surface area (Å²) in [7, 11) is 0. The Bertz CT molecular complexity index is 774. The van der Waals surface area contributed by atoms with E-state index in [0.29, 0.717) is 18.0 Å². The lowest BCUT2D eigenvalue weighted by atomic mass is 10.2. The molecule has 0 saturated heterocycles. The van der Waals surface area contributed by atoms with Gasteiger partial charge in [-0.2, -0.15) is 0 Å². The summed E-state index contributed by atoms with van der Waals surface area (Å²) in [6.07, 6.45) is 1.05. The van der Waals surface area contributed by atoms with Gasteiger partial charge in [0.1, 0.15) is 4.83 Å². The second kappa shape index (κ2) is 7.06. The van der Waals surface area contributed by atoms with Gasteiger partial charge in [-0.1, -0.05) is 18.2 Å². The van der Waals surface area contributed by atoms with Gasteiger partial charge < -0.3 is 10.1 Å². The standard InChI is InChI=1S/C18H20N2O2S/c1-12(2)22-9-5-8-19-17(21)16-11-14-10-13-6-3-4-7-15(13)20-18(14)23-16/h3-4,6-7,10-12H,5,8-9H2,1-2H3,(H,19,21). The van der Waals surface area contributed by atoms with Crippen molar-refractivity contribution >= 4 is 38.4 Å². The average Bonchev–Trinajstić information content (AvgIpc) is 2.94. The summed E-state index contributed by atoms with van der Waals surface area (Å²) in [6, 6.07) is 12.0. The molecule has 1 N–H and O–H groups in total. The smallest absolute Gasteiger partial charge is 0.261 e. The van der Waals surface area contributed by atoms with Gasteiger partial charge in [0.15, 0.2) is 0 Å². The third-order valence-electron chi connectivity index (χ3n) is 3.49. The summed E-state index contributed by atoms with van der Waals surface area (Å²) < 4.78 is 5.46. The van der Waals surface area contributed by atoms with Crippen molar-refractivity contribution in [2.75, 3.05) is 13.2 Å². The number of thiophene rings is 1. The number of ether oxygens (including phenoxy) is 1. The van der Waals surface area contributed by atoms with Crippen LogP contribution >= 0.6 is 11.3 Å². The largest absolute Gasteiger partial charge is 0.379 e. The minimum atomic E-state index is -0.0402. The molecule has 3 rings (SSSR count). The molecule has 120 valence electrons. The minimum Gasteiger partial charge on any atom is -0.379 e. The van der Waals surface area contributed by atoms with Crippen LogP contribution in [0.4, 0.5) is 0 Å². The number of carbonyl (C=O) groups excluding carboxylic acids is 1. The van der Waals surface area contributed by atoms with Gasteiger partial charge in [-0.3, -0.25) is 4.79 Å². The molecule has 0 aliphatic rings. The van der Waals surface area contributed by atoms with Crippen LogP contribution in [-0.2, 0) is 4.74 Å². The highest BCUT2D eigenvalue weighted by atomic mass is 32.1. The summed E-state index contributed by atoms with van der Waals surface area (Å²) in [5, 5.41) is 5.05. The molecule has 0 aliphatic carbocycles. The quantitative estimate of drug-likeness (QED) is 0.696. The van der Waals surface area contributed by atoms with Crippen LogP contribution in [0.3, 0.4) is 0 Å². The Labute approximate surface area is 139 Å². The maximum Gasteiger partial charge on any atom is 0.261 e. The van der Waals surface area contributed by atoms with E-state index in [1.165, 1.54) is 11.3 Å². The Hall–Kier alpha value is -1.98. The number of para-hydroxylation sites is 1. The Morgan fingerprint density at radius 1 is 1.26 bits per heavy atom. The van der Waals surface area contributed by atoms with Gasteiger partial charge in [0, 0.05) is 23.9 Å². The number of rotatable bonds is 6. The van der Waals surface area contributed by atoms with Gasteiger partial charge in [-0.15, -0.1) is 11.3 Å². The van der Waals surface area contributed by atoms with Crippen molar-refractivity contribution in [2.45, 2.75) is 26.4 Å². The predicted molar refractivity (Wildman–Crippen MR) is 95.2 cm³/mol. The molecule has 0 radical (unpaired) electrons. The van der Waals surface area contributed by atoms with E-state index in [2.05, 4.69) is 16.4 Å². The summed E-state index contributed by atoms with van der Waals surface area (Å²) in [5.41, 5.74) is 0.958. The van der Waals surface area contributed by atoms with Crippen LogP contribution in [0.1, 0.15) is 29.9 Å². The topological polar surface area (TPSA) is 51.2 Å². The van der Waals surface area contributed by atoms with Gasteiger partial charge in [-0.25, -0.2) is 4.98 Å². The van der Waals surface area contributed by atoms with Crippen molar-refractivity contribution in [3.05, 3.63) is 41.3 Å². The van der Waals surface area contributed by atoms with Crippen molar-refractivity contribution in [1.82, 2.24) is 10.3 Å². The Kier molecular flexibility index (Phi) is 4.88. The Morgan fingerprint density at radius 3 is 2.91 bits per heavy atom. The molecule has 23 heavy (non-hydrogen) atoms. The first-order valence-electron chi connectivity index (χ1n) is 7.82. The van der Waals surface area contributed by atoms with E-state index in [0.717, 1.165) is 27.5 Å². The molecule has 0 atom stereocenters. The molecule has 0 bridgehead atoms. The number of nitrogens with one attached hydrogen (secondary N) is 1. The zero-order valence-electron chi connectivity index (χ0n) is 13.3. The molecular formula is C18H20N2O2S. The van der Waals surface area contributed by atoms with Crippen molar-refractivity contribution in [2.24, 2.45) is 0 Å². The number of hydrogen-bond acceptors (Lipinski definition) is 4. The van der Waals surface area contributed by atoms with Crippen molar-refractivity contribution in [3.8, 4) is 0 Å². The maximum atomic E-state index is 12.2. The van der Waals surface area contributed by atoms with Gasteiger partial charge >= 0.3 is 0 Å². The summed E-state index contributed by atoms with van der Waals surface area (Å²) in [6.45, 7) is 5.30. The second-order valence-electron chi connectivity index (χ2n) is 5.72. The lowest BCUT2D eigenvalue weighted by Crippen LogP contribution is -2.24. The van der Waals surface area contributed by atoms with Gasteiger partial charge in [-0.05, 0) is 38.5 Å². The highest BCUT2D eigenvalue weighted by Gasteiger charge is 2.11. The van der Waals surface area contributed by atoms with Crippen molar-refractivity contribution in [1.29, 1.82) is 0 Å². The van der Waals surface area contributed by atoms with Gasteiger partial charge in [0.05, 0.1) is 16.5 Å². The highest BCUT2D eigenvalue weighted by molar-refractivity contribution is 7.20. The number of carbonyl (C=O) groups is 1. The lowest BCUT2D eigenvalue weighted by Gasteiger charge is -2.07. The van der Waals surface area contributed by atoms with Gasteiger partial charge in [0.25, 0.3) is 5.91 Å². The monoisotopic (exact) mass is 328 g/mol. The number of fused-ring (bicyclic) bond motifs is 2. The predicted octanol–water partition coefficient (Wildman–Crippen LogP) is 3.99. The van der Waals surface area contributed by atoms with E-state index in [1.807, 2.05) is 44.2 Å². The molecule has 0 spiro atoms. The van der Waals surface area contributed by atoms with Crippen LogP contribution in [0.2, 0.25) is 0 Å². The van der Waals surface area contributed by atoms with Gasteiger partial charge in [0.2, 0.25) is 0 Å². The van der Waals surface area contributed by atoms with E-state index in [4.69, 9.17) is 4.74 Å². The van der Waals surface area contributed by atoms with E-state index in [1.54, 1.807) is 0 Å². The average molecular weight is 328 g/mol. The van der Waals surface area contributed by atoms with Crippen molar-refractivity contribution < 1.29 is 9.53 Å². The SMILES string of the molecule is CC(C)OCCCNC(=O)c1cc2cc3ccccc3nc2s1. The first kappa shape index (κ1) is 15.9. The molecule has 0 unspecified atom stereocenters. The summed E-state index contributed by atoms with van der Waals surface area (Å²) in [4.78, 5) is 18.5. The third-order valence-corrected chi connectivity index (χ3v) is 4.54. The Morgan fingerprint density at radius 2 is 2.09 bits per heavy atom. The lowest BCUT2D eigenvalue weighted by molar-refractivity contribution is 0.0757. The number of pyridine rings is 1. The van der Waals surface area contributed by atoms with Crippen molar-refractivity contribution in [3.63, 3.8) is 0 Å². The molecule has 3 aromatic rings. The number of nitrogens with zero attached hydrogens (tertiary/aromatic N) is 1. The molecule has 1 amide bonds. The third kappa shape index (κ3) is 3.86. The molecule has 0 saturated carbocycles. The summed E-state index contributed by atoms with van der Waals surface area (Å²) >= 11 is 1.43. The van der Waals surface area contributed by atoms with E-state index >= 15 is 0 Å². The maximum absolute atomic E-state index is 12.2. The first-order chi connectivity index (χ1) is 11.1. The fourth-order valence-corrected chi connectivity index (χ4v) is 3.31. The molecular weight excluding hydrogens is 308 g/mol. The number of aromatic nitrogens is 1. The van der Waals surface area contributed by atoms with Crippen LogP contribution in [0.25, 0.3) is 21.1 Å². The molecule has 0 fully saturated rings. The minimum absolute atomic E-state index is 0.0402. The zero-order valence-corrected chi connectivity index (χ0v) is 14.2. The van der Waals surface area contributed by atoms with E-state index < -0.39 is 0 Å². The van der Waals surface area contributed by atoms with E-state index in [-0.39, 0.29) is 12.0 Å². The second-order valence-corrected chi connectivity index (χ2v) is 6.75. The van der Waals surface area contributed by atoms with E-state index in [9.17, 15) is 4.79 Å². The first-order valence-corrected chi connectivity index (χ1v) is 8.64. The number of benzene rings is 1. The van der Waals surface area contributed by atoms with Crippen LogP contribution in [0.15, 0.2) is 36.4 Å². The molecule has 2 aromatic heterocycles. The fourth-order valence-electron chi connectivity index (χ4n) is 2.37. The fraction of sp³-hybridized carbons (Fsp3) is 0.333. The highest BCUT2D eigenvalue weighted by Crippen LogP contribution is 2.27. The molecule has 5 heteroatoms. The summed E-state index contributed by atoms with van der Waals surface area (Å²) in [5.74, 6) is -0.0402. The Balaban J connectivity index is 1.67. The molecule has 0 aliphatic heterocycles. The molecule has 1 aromatic carbocycles. The molecule has 2 heterocycles. The van der Waals surface area contributed by atoms with Crippen LogP contribution in [0.5, 0.6) is 0 Å².